The summed E-state index contributed by atoms with van der Waals surface area (Å²) >= 11 is -27.9. The van der Waals surface area contributed by atoms with Crippen LogP contribution in [0.25, 0.3) is 0 Å². The molecule has 0 fully saturated rings. The topological polar surface area (TPSA) is 205 Å². The van der Waals surface area contributed by atoms with Crippen molar-refractivity contribution in [1.82, 2.24) is 0 Å². The SMILES string of the molecule is [O]=[W](=[O])([OH])[O][W](=[O])(=[O])[O][W](=[O])(=[O])[O][W](=[O])(=[O])[OH]. The van der Waals surface area contributed by atoms with Gasteiger partial charge in [0.15, 0.2) is 0 Å². The molecule has 0 radical (unpaired) electrons. The van der Waals surface area contributed by atoms with Crippen LogP contribution >= 0.6 is 0 Å². The summed E-state index contributed by atoms with van der Waals surface area (Å²) in [4.78, 5) is 0. The Labute approximate surface area is 107 Å². The van der Waals surface area contributed by atoms with Gasteiger partial charge in [0.2, 0.25) is 0 Å². The first-order valence-corrected chi connectivity index (χ1v) is 22.1. The van der Waals surface area contributed by atoms with Crippen molar-refractivity contribution in [2.45, 2.75) is 0 Å². The van der Waals surface area contributed by atoms with E-state index in [1.807, 2.05) is 0 Å². The van der Waals surface area contributed by atoms with Gasteiger partial charge >= 0.3 is 108 Å². The molecule has 13 nitrogen and oxygen atoms in total. The first kappa shape index (κ1) is 18.0. The molecule has 0 atom stereocenters. The van der Waals surface area contributed by atoms with Crippen molar-refractivity contribution >= 4 is 0 Å². The molecule has 0 aliphatic carbocycles. The predicted octanol–water partition coefficient (Wildman–Crippen LogP) is -2.28. The summed E-state index contributed by atoms with van der Waals surface area (Å²) in [6, 6.07) is 0. The molecule has 0 aromatic rings. The zero-order valence-corrected chi connectivity index (χ0v) is 18.8. The number of hydrogen-bond donors (Lipinski definition) is 2. The monoisotopic (exact) mass is 946 g/mol. The molecule has 0 heterocycles. The summed E-state index contributed by atoms with van der Waals surface area (Å²) in [5.41, 5.74) is 0. The molecule has 0 bridgehead atoms. The molecule has 0 amide bonds. The van der Waals surface area contributed by atoms with E-state index in [9.17, 15) is 27.2 Å². The van der Waals surface area contributed by atoms with Crippen LogP contribution in [0.4, 0.5) is 0 Å². The van der Waals surface area contributed by atoms with E-state index in [1.165, 1.54) is 0 Å². The van der Waals surface area contributed by atoms with Crippen molar-refractivity contribution in [3.05, 3.63) is 0 Å². The zero-order valence-electron chi connectivity index (χ0n) is 7.02. The Morgan fingerprint density at radius 3 is 0.941 bits per heavy atom. The Morgan fingerprint density at radius 2 is 0.765 bits per heavy atom. The van der Waals surface area contributed by atoms with Gasteiger partial charge in [-0.25, -0.2) is 0 Å². The summed E-state index contributed by atoms with van der Waals surface area (Å²) in [5, 5.41) is 0. The normalized spacial score (nSPS) is 14.7. The van der Waals surface area contributed by atoms with E-state index in [0.717, 1.165) is 0 Å². The van der Waals surface area contributed by atoms with Crippen LogP contribution in [0.1, 0.15) is 0 Å². The molecule has 0 saturated heterocycles. The number of hydrogen-bond acceptors (Lipinski definition) is 11. The Kier molecular flexibility index (Phi) is 5.83. The maximum absolute atomic E-state index is 10.6. The minimum atomic E-state index is -7.12. The van der Waals surface area contributed by atoms with Crippen molar-refractivity contribution in [3.63, 3.8) is 0 Å². The number of rotatable bonds is 6. The molecule has 17 heavy (non-hydrogen) atoms. The summed E-state index contributed by atoms with van der Waals surface area (Å²) in [6.45, 7) is 0. The maximum atomic E-state index is 10.6. The van der Waals surface area contributed by atoms with Gasteiger partial charge in [0, 0.05) is 0 Å². The molecule has 0 saturated carbocycles. The van der Waals surface area contributed by atoms with Crippen LogP contribution in [0.3, 0.4) is 0 Å². The Bertz CT molecular complexity index is 601. The molecule has 0 aliphatic rings. The minimum absolute atomic E-state index is 3.01. The molecule has 2 N–H and O–H groups in total. The molecular formula is H2O13W4. The van der Waals surface area contributed by atoms with Gasteiger partial charge < -0.3 is 0 Å². The standard InChI is InChI=1S/2H2O.11O.4W/h2*1H2;;;;;;;;;;;;;;;/q;;;;;;;;;;;;;;;2*+1/p-2. The third-order valence-corrected chi connectivity index (χ3v) is 33.9. The van der Waals surface area contributed by atoms with Crippen LogP contribution in [-0.4, -0.2) is 7.52 Å². The zero-order chi connectivity index (χ0) is 14.1. The fourth-order valence-electron chi connectivity index (χ4n) is 0.335. The first-order chi connectivity index (χ1) is 7.12. The molecule has 0 aromatic carbocycles. The third-order valence-electron chi connectivity index (χ3n) is 0.505. The molecule has 0 unspecified atom stereocenters. The second-order valence-electron chi connectivity index (χ2n) is 1.88. The Morgan fingerprint density at radius 1 is 0.529 bits per heavy atom. The Balaban J connectivity index is 5.11. The second kappa shape index (κ2) is 5.52. The van der Waals surface area contributed by atoms with E-state index in [0.29, 0.717) is 0 Å². The average Bonchev–Trinajstić information content (AvgIpc) is 1.65. The van der Waals surface area contributed by atoms with Crippen LogP contribution in [0.2, 0.25) is 0 Å². The Hall–Kier alpha value is 0.953. The van der Waals surface area contributed by atoms with Crippen molar-refractivity contribution in [1.29, 1.82) is 0 Å². The first-order valence-electron chi connectivity index (χ1n) is 2.70. The molecule has 0 rings (SSSR count). The molecule has 0 aromatic heterocycles. The van der Waals surface area contributed by atoms with Crippen LogP contribution in [0.5, 0.6) is 0 Å². The van der Waals surface area contributed by atoms with Crippen LogP contribution in [0, 0.1) is 0 Å². The molecule has 17 heteroatoms. The summed E-state index contributed by atoms with van der Waals surface area (Å²) in [5.74, 6) is 0. The third kappa shape index (κ3) is 10.6. The van der Waals surface area contributed by atoms with Crippen LogP contribution < -0.4 is 0 Å². The molecule has 0 spiro atoms. The summed E-state index contributed by atoms with van der Waals surface area (Å²) in [7, 11) is 0. The fraction of sp³-hybridized carbons (Fsp3) is 0. The molecule has 0 aliphatic heterocycles. The van der Waals surface area contributed by atoms with Gasteiger partial charge in [-0.15, -0.1) is 0 Å². The predicted molar refractivity (Wildman–Crippen MR) is 13.2 cm³/mol. The van der Waals surface area contributed by atoms with Gasteiger partial charge in [0.05, 0.1) is 0 Å². The molecule has 104 valence electrons. The van der Waals surface area contributed by atoms with E-state index < -0.39 is 67.0 Å². The van der Waals surface area contributed by atoms with Gasteiger partial charge in [-0.2, -0.15) is 0 Å². The fourth-order valence-corrected chi connectivity index (χ4v) is 33.4. The van der Waals surface area contributed by atoms with E-state index in [2.05, 4.69) is 6.13 Å². The van der Waals surface area contributed by atoms with Gasteiger partial charge in [0.1, 0.15) is 0 Å². The van der Waals surface area contributed by atoms with Crippen molar-refractivity contribution in [2.75, 3.05) is 0 Å². The van der Waals surface area contributed by atoms with E-state index >= 15 is 0 Å². The van der Waals surface area contributed by atoms with Gasteiger partial charge in [-0.05, 0) is 0 Å². The average molecular weight is 945 g/mol. The second-order valence-corrected chi connectivity index (χ2v) is 27.4. The summed E-state index contributed by atoms with van der Waals surface area (Å²) in [6.07, 6.45) is 0. The van der Waals surface area contributed by atoms with Crippen molar-refractivity contribution in [2.24, 2.45) is 0 Å². The van der Waals surface area contributed by atoms with Gasteiger partial charge in [-0.3, -0.25) is 0 Å². The van der Waals surface area contributed by atoms with E-state index in [4.69, 9.17) is 7.52 Å². The van der Waals surface area contributed by atoms with E-state index in [1.54, 1.807) is 0 Å². The van der Waals surface area contributed by atoms with Crippen LogP contribution in [0.15, 0.2) is 0 Å². The van der Waals surface area contributed by atoms with E-state index in [-0.39, 0.29) is 0 Å². The van der Waals surface area contributed by atoms with Crippen molar-refractivity contribution in [3.8, 4) is 0 Å². The van der Waals surface area contributed by atoms with Crippen LogP contribution in [-0.2, 0) is 100 Å². The van der Waals surface area contributed by atoms with Crippen molar-refractivity contribution < 1.29 is 108 Å². The van der Waals surface area contributed by atoms with Gasteiger partial charge in [-0.1, -0.05) is 0 Å². The molecular weight excluding hydrogens is 943 g/mol. The quantitative estimate of drug-likeness (QED) is 0.289. The summed E-state index contributed by atoms with van der Waals surface area (Å²) < 4.78 is 108. The van der Waals surface area contributed by atoms with Gasteiger partial charge in [0.25, 0.3) is 0 Å².